The summed E-state index contributed by atoms with van der Waals surface area (Å²) in [6, 6.07) is 7.77. The Labute approximate surface area is 214 Å². The molecule has 0 spiro atoms. The molecule has 0 aliphatic heterocycles. The molecule has 0 unspecified atom stereocenters. The molecule has 0 radical (unpaired) electrons. The molecular formula is C20H19Cl2F2N5O3S2. The highest BCUT2D eigenvalue weighted by Gasteiger charge is 2.33. The van der Waals surface area contributed by atoms with Gasteiger partial charge in [-0.05, 0) is 36.5 Å². The molecule has 3 rings (SSSR count). The van der Waals surface area contributed by atoms with Crippen LogP contribution in [-0.2, 0) is 16.9 Å². The van der Waals surface area contributed by atoms with Crippen molar-refractivity contribution in [2.24, 2.45) is 5.73 Å². The molecule has 1 heterocycles. The second-order valence-corrected chi connectivity index (χ2v) is 8.38. The molecular weight excluding hydrogens is 531 g/mol. The van der Waals surface area contributed by atoms with Gasteiger partial charge < -0.3 is 20.9 Å². The Hall–Kier alpha value is -2.51. The number of nitrogens with zero attached hydrogens (tertiary/aromatic N) is 3. The van der Waals surface area contributed by atoms with Crippen molar-refractivity contribution in [2.75, 3.05) is 11.9 Å². The number of benzene rings is 2. The van der Waals surface area contributed by atoms with Crippen LogP contribution in [0.2, 0.25) is 10.0 Å². The number of thiol groups is 1. The Morgan fingerprint density at radius 3 is 2.59 bits per heavy atom. The van der Waals surface area contributed by atoms with E-state index in [2.05, 4.69) is 33.8 Å². The topological polar surface area (TPSA) is 115 Å². The van der Waals surface area contributed by atoms with Crippen LogP contribution in [0.1, 0.15) is 12.0 Å². The maximum atomic E-state index is 14.4. The highest BCUT2D eigenvalue weighted by molar-refractivity contribution is 7.96. The molecule has 0 aliphatic rings. The van der Waals surface area contributed by atoms with Gasteiger partial charge in [0.2, 0.25) is 0 Å². The van der Waals surface area contributed by atoms with Crippen LogP contribution < -0.4 is 11.1 Å². The van der Waals surface area contributed by atoms with Crippen LogP contribution in [0.5, 0.6) is 0 Å². The standard InChI is InChI=1S/C19H16Cl2F2N4O2S.CH3NOS/c20-12-1-4-17(15(21)7-12)26-18(30)29-6-5-19(28,9-27-11-24-10-25-27)14-3-2-13(22)8-16(14)23;2-1(3)4/h1-4,7-8,10-11,28H,5-6,9H2,(H,26,30);(H3,2,3,4)/t19-;/m0./s1. The van der Waals surface area contributed by atoms with Crippen LogP contribution in [0, 0.1) is 11.6 Å². The minimum atomic E-state index is -1.75. The van der Waals surface area contributed by atoms with Gasteiger partial charge in [0.25, 0.3) is 10.4 Å². The minimum Gasteiger partial charge on any atom is -0.471 e. The summed E-state index contributed by atoms with van der Waals surface area (Å²) in [5.41, 5.74) is 2.98. The van der Waals surface area contributed by atoms with E-state index in [-0.39, 0.29) is 30.3 Å². The van der Waals surface area contributed by atoms with E-state index >= 15 is 0 Å². The van der Waals surface area contributed by atoms with Gasteiger partial charge in [0.15, 0.2) is 0 Å². The summed E-state index contributed by atoms with van der Waals surface area (Å²) in [7, 11) is 0. The maximum absolute atomic E-state index is 14.4. The van der Waals surface area contributed by atoms with E-state index in [0.29, 0.717) is 21.8 Å². The largest absolute Gasteiger partial charge is 0.471 e. The SMILES string of the molecule is NC(=O)S.O[C@@](CCOC(=S)Nc1ccc(Cl)cc1Cl)(Cn1cncn1)c1ccc(F)cc1F. The number of ether oxygens (including phenoxy) is 1. The third-order valence-corrected chi connectivity index (χ3v) is 5.01. The van der Waals surface area contributed by atoms with Gasteiger partial charge in [0.1, 0.15) is 29.9 Å². The number of nitrogens with two attached hydrogens (primary N) is 1. The quantitative estimate of drug-likeness (QED) is 0.252. The van der Waals surface area contributed by atoms with Crippen molar-refractivity contribution in [1.29, 1.82) is 0 Å². The molecule has 0 saturated carbocycles. The smallest absolute Gasteiger partial charge is 0.273 e. The molecule has 0 bridgehead atoms. The van der Waals surface area contributed by atoms with Crippen molar-refractivity contribution < 1.29 is 23.4 Å². The lowest BCUT2D eigenvalue weighted by molar-refractivity contribution is -0.00881. The molecule has 4 N–H and O–H groups in total. The monoisotopic (exact) mass is 549 g/mol. The third kappa shape index (κ3) is 8.69. The lowest BCUT2D eigenvalue weighted by Gasteiger charge is -2.29. The van der Waals surface area contributed by atoms with E-state index in [1.54, 1.807) is 18.2 Å². The first-order chi connectivity index (χ1) is 16.0. The fourth-order valence-electron chi connectivity index (χ4n) is 2.80. The summed E-state index contributed by atoms with van der Waals surface area (Å²) in [5.74, 6) is -1.63. The summed E-state index contributed by atoms with van der Waals surface area (Å²) in [4.78, 5) is 12.9. The number of halogens is 4. The van der Waals surface area contributed by atoms with Crippen molar-refractivity contribution in [2.45, 2.75) is 18.6 Å². The van der Waals surface area contributed by atoms with E-state index in [1.165, 1.54) is 23.4 Å². The first-order valence-electron chi connectivity index (χ1n) is 9.38. The average molecular weight is 550 g/mol. The second kappa shape index (κ2) is 12.8. The predicted molar refractivity (Wildman–Crippen MR) is 132 cm³/mol. The van der Waals surface area contributed by atoms with Gasteiger partial charge in [-0.1, -0.05) is 41.9 Å². The molecule has 0 fully saturated rings. The number of carbonyl (C=O) groups is 1. The van der Waals surface area contributed by atoms with Crippen molar-refractivity contribution in [3.63, 3.8) is 0 Å². The number of aromatic nitrogens is 3. The van der Waals surface area contributed by atoms with Gasteiger partial charge in [-0.3, -0.25) is 4.79 Å². The molecule has 34 heavy (non-hydrogen) atoms. The van der Waals surface area contributed by atoms with Gasteiger partial charge in [0.05, 0.1) is 23.9 Å². The van der Waals surface area contributed by atoms with Crippen LogP contribution in [-0.4, -0.2) is 36.9 Å². The zero-order valence-electron chi connectivity index (χ0n) is 17.3. The fourth-order valence-corrected chi connectivity index (χ4v) is 3.45. The number of thiocarbonyl (C=S) groups is 1. The Kier molecular flexibility index (Phi) is 10.5. The fraction of sp³-hybridized carbons (Fsp3) is 0.200. The molecule has 182 valence electrons. The molecule has 8 nitrogen and oxygen atoms in total. The van der Waals surface area contributed by atoms with Crippen LogP contribution in [0.3, 0.4) is 0 Å². The van der Waals surface area contributed by atoms with Crippen LogP contribution >= 0.6 is 48.0 Å². The van der Waals surface area contributed by atoms with Gasteiger partial charge in [-0.2, -0.15) is 5.10 Å². The second-order valence-electron chi connectivity index (χ2n) is 6.72. The van der Waals surface area contributed by atoms with E-state index in [4.69, 9.17) is 45.0 Å². The molecule has 0 saturated heterocycles. The zero-order valence-corrected chi connectivity index (χ0v) is 20.5. The van der Waals surface area contributed by atoms with Crippen LogP contribution in [0.4, 0.5) is 19.3 Å². The predicted octanol–water partition coefficient (Wildman–Crippen LogP) is 4.55. The number of nitrogens with one attached hydrogen (secondary N) is 1. The third-order valence-electron chi connectivity index (χ3n) is 4.24. The Bertz CT molecular complexity index is 1140. The normalized spacial score (nSPS) is 12.2. The summed E-state index contributed by atoms with van der Waals surface area (Å²) in [5, 5.41) is 18.1. The van der Waals surface area contributed by atoms with E-state index < -0.39 is 22.5 Å². The number of hydrogen-bond donors (Lipinski definition) is 4. The van der Waals surface area contributed by atoms with Gasteiger partial charge in [-0.25, -0.2) is 18.4 Å². The molecule has 14 heteroatoms. The highest BCUT2D eigenvalue weighted by Crippen LogP contribution is 2.30. The Balaban J connectivity index is 0.000000945. The molecule has 0 aliphatic carbocycles. The lowest BCUT2D eigenvalue weighted by atomic mass is 9.90. The van der Waals surface area contributed by atoms with Gasteiger partial charge in [-0.15, -0.1) is 0 Å². The number of primary amides is 1. The Morgan fingerprint density at radius 1 is 1.29 bits per heavy atom. The summed E-state index contributed by atoms with van der Waals surface area (Å²) < 4.78 is 34.5. The summed E-state index contributed by atoms with van der Waals surface area (Å²) in [6.07, 6.45) is 2.60. The van der Waals surface area contributed by atoms with Gasteiger partial charge in [0, 0.05) is 23.1 Å². The lowest BCUT2D eigenvalue weighted by Crippen LogP contribution is -2.35. The van der Waals surface area contributed by atoms with E-state index in [1.807, 2.05) is 0 Å². The average Bonchev–Trinajstić information content (AvgIpc) is 3.22. The molecule has 2 aromatic carbocycles. The number of hydrogen-bond acceptors (Lipinski definition) is 6. The van der Waals surface area contributed by atoms with Crippen molar-refractivity contribution in [3.05, 3.63) is 76.3 Å². The van der Waals surface area contributed by atoms with Crippen LogP contribution in [0.25, 0.3) is 0 Å². The molecule has 1 atom stereocenters. The van der Waals surface area contributed by atoms with Crippen molar-refractivity contribution in [3.8, 4) is 0 Å². The van der Waals surface area contributed by atoms with Crippen molar-refractivity contribution in [1.82, 2.24) is 14.8 Å². The van der Waals surface area contributed by atoms with E-state index in [9.17, 15) is 13.9 Å². The summed E-state index contributed by atoms with van der Waals surface area (Å²) >= 11 is 20.2. The first-order valence-corrected chi connectivity index (χ1v) is 11.0. The number of amides is 1. The molecule has 1 aromatic heterocycles. The highest BCUT2D eigenvalue weighted by atomic mass is 35.5. The molecule has 3 aromatic rings. The van der Waals surface area contributed by atoms with Crippen LogP contribution in [0.15, 0.2) is 49.1 Å². The first kappa shape index (κ1) is 27.7. The number of anilines is 1. The van der Waals surface area contributed by atoms with Crippen molar-refractivity contribution >= 4 is 64.1 Å². The minimum absolute atomic E-state index is 0.00177. The molecule has 1 amide bonds. The summed E-state index contributed by atoms with van der Waals surface area (Å²) in [6.45, 7) is -0.193. The Morgan fingerprint density at radius 2 is 2.00 bits per heavy atom. The number of carbonyl (C=O) groups excluding carboxylic acids is 1. The number of rotatable bonds is 7. The number of aliphatic hydroxyl groups is 1. The van der Waals surface area contributed by atoms with Gasteiger partial charge >= 0.3 is 0 Å². The maximum Gasteiger partial charge on any atom is 0.273 e. The van der Waals surface area contributed by atoms with E-state index in [0.717, 1.165) is 6.07 Å². The zero-order chi connectivity index (χ0) is 25.3.